The predicted octanol–water partition coefficient (Wildman–Crippen LogP) is 3.22. The summed E-state index contributed by atoms with van der Waals surface area (Å²) < 4.78 is 26.2. The van der Waals surface area contributed by atoms with Crippen LogP contribution in [-0.2, 0) is 16.4 Å². The van der Waals surface area contributed by atoms with Crippen molar-refractivity contribution in [2.75, 3.05) is 11.4 Å². The van der Waals surface area contributed by atoms with Gasteiger partial charge in [0.25, 0.3) is 10.0 Å². The zero-order valence-corrected chi connectivity index (χ0v) is 13.9. The number of rotatable bonds is 6. The first-order chi connectivity index (χ1) is 10.4. The van der Waals surface area contributed by atoms with E-state index in [1.165, 1.54) is 13.1 Å². The molecular formula is C15H17NO4S2. The maximum absolute atomic E-state index is 12.6. The van der Waals surface area contributed by atoms with E-state index < -0.39 is 16.0 Å². The third kappa shape index (κ3) is 3.15. The molecule has 1 aromatic heterocycles. The summed E-state index contributed by atoms with van der Waals surface area (Å²) in [4.78, 5) is 11.3. The van der Waals surface area contributed by atoms with Gasteiger partial charge in [0.05, 0.1) is 10.6 Å². The van der Waals surface area contributed by atoms with E-state index in [1.54, 1.807) is 29.6 Å². The Labute approximate surface area is 133 Å². The van der Waals surface area contributed by atoms with Crippen molar-refractivity contribution >= 4 is 33.0 Å². The van der Waals surface area contributed by atoms with E-state index in [-0.39, 0.29) is 15.5 Å². The second-order valence-electron chi connectivity index (χ2n) is 4.81. The minimum absolute atomic E-state index is 0.00804. The van der Waals surface area contributed by atoms with Crippen LogP contribution in [0.4, 0.5) is 5.69 Å². The summed E-state index contributed by atoms with van der Waals surface area (Å²) in [5.41, 5.74) is 1.25. The normalized spacial score (nSPS) is 11.4. The number of carbonyl (C=O) groups is 1. The van der Waals surface area contributed by atoms with E-state index in [9.17, 15) is 13.2 Å². The molecule has 0 bridgehead atoms. The van der Waals surface area contributed by atoms with E-state index in [1.807, 2.05) is 0 Å². The molecule has 7 heteroatoms. The van der Waals surface area contributed by atoms with Crippen LogP contribution in [0.2, 0.25) is 0 Å². The molecule has 2 rings (SSSR count). The summed E-state index contributed by atoms with van der Waals surface area (Å²) in [6, 6.07) is 8.19. The zero-order valence-electron chi connectivity index (χ0n) is 12.3. The third-order valence-corrected chi connectivity index (χ3v) is 5.98. The number of thiophene rings is 1. The van der Waals surface area contributed by atoms with Gasteiger partial charge in [-0.1, -0.05) is 25.5 Å². The van der Waals surface area contributed by atoms with Gasteiger partial charge in [-0.15, -0.1) is 11.3 Å². The Balaban J connectivity index is 2.36. The molecule has 0 aliphatic rings. The summed E-state index contributed by atoms with van der Waals surface area (Å²) in [5, 5.41) is 10.7. The number of anilines is 1. The minimum Gasteiger partial charge on any atom is -0.477 e. The zero-order chi connectivity index (χ0) is 16.3. The molecule has 22 heavy (non-hydrogen) atoms. The first-order valence-corrected chi connectivity index (χ1v) is 9.08. The summed E-state index contributed by atoms with van der Waals surface area (Å²) in [6.45, 7) is 2.06. The fraction of sp³-hybridized carbons (Fsp3) is 0.267. The quantitative estimate of drug-likeness (QED) is 0.877. The monoisotopic (exact) mass is 339 g/mol. The molecule has 1 N–H and O–H groups in total. The van der Waals surface area contributed by atoms with Gasteiger partial charge < -0.3 is 5.11 Å². The Bertz CT molecular complexity index is 763. The molecule has 0 amide bonds. The number of aryl methyl sites for hydroxylation is 1. The number of benzene rings is 1. The lowest BCUT2D eigenvalue weighted by Gasteiger charge is -2.19. The van der Waals surface area contributed by atoms with Crippen molar-refractivity contribution in [3.63, 3.8) is 0 Å². The largest absolute Gasteiger partial charge is 0.477 e. The van der Waals surface area contributed by atoms with Gasteiger partial charge in [-0.05, 0) is 35.6 Å². The van der Waals surface area contributed by atoms with Crippen LogP contribution in [0.1, 0.15) is 28.6 Å². The molecule has 118 valence electrons. The standard InChI is InChI=1S/C15H17NO4S2/c1-3-4-11-5-7-12(8-6-11)22(19,20)16(2)13-9-10-21-14(13)15(17)18/h5-10H,3-4H2,1-2H3,(H,17,18). The van der Waals surface area contributed by atoms with Crippen molar-refractivity contribution in [1.29, 1.82) is 0 Å². The van der Waals surface area contributed by atoms with Crippen molar-refractivity contribution in [3.05, 3.63) is 46.2 Å². The van der Waals surface area contributed by atoms with E-state index in [0.717, 1.165) is 34.0 Å². The van der Waals surface area contributed by atoms with Crippen LogP contribution >= 0.6 is 11.3 Å². The average molecular weight is 339 g/mol. The molecule has 0 aliphatic heterocycles. The van der Waals surface area contributed by atoms with Crippen LogP contribution < -0.4 is 4.31 Å². The number of carboxylic acids is 1. The van der Waals surface area contributed by atoms with Crippen LogP contribution in [0.5, 0.6) is 0 Å². The number of aromatic carboxylic acids is 1. The molecule has 0 saturated heterocycles. The second kappa shape index (κ2) is 6.50. The molecule has 2 aromatic rings. The topological polar surface area (TPSA) is 74.7 Å². The fourth-order valence-electron chi connectivity index (χ4n) is 2.11. The number of nitrogens with zero attached hydrogens (tertiary/aromatic N) is 1. The highest BCUT2D eigenvalue weighted by molar-refractivity contribution is 7.92. The predicted molar refractivity (Wildman–Crippen MR) is 87.3 cm³/mol. The molecule has 1 aromatic carbocycles. The van der Waals surface area contributed by atoms with Gasteiger partial charge >= 0.3 is 5.97 Å². The van der Waals surface area contributed by atoms with Crippen LogP contribution in [-0.4, -0.2) is 26.5 Å². The van der Waals surface area contributed by atoms with E-state index >= 15 is 0 Å². The van der Waals surface area contributed by atoms with E-state index in [2.05, 4.69) is 6.92 Å². The lowest BCUT2D eigenvalue weighted by Crippen LogP contribution is -2.27. The van der Waals surface area contributed by atoms with Gasteiger partial charge in [0.2, 0.25) is 0 Å². The number of hydrogen-bond acceptors (Lipinski definition) is 4. The molecule has 0 fully saturated rings. The number of carboxylic acid groups (broad SMARTS) is 1. The second-order valence-corrected chi connectivity index (χ2v) is 7.69. The van der Waals surface area contributed by atoms with E-state index in [0.29, 0.717) is 0 Å². The van der Waals surface area contributed by atoms with Gasteiger partial charge in [-0.25, -0.2) is 13.2 Å². The first kappa shape index (κ1) is 16.5. The maximum atomic E-state index is 12.6. The molecule has 0 unspecified atom stereocenters. The minimum atomic E-state index is -3.77. The molecule has 0 spiro atoms. The smallest absolute Gasteiger partial charge is 0.348 e. The van der Waals surface area contributed by atoms with Crippen LogP contribution in [0.3, 0.4) is 0 Å². The van der Waals surface area contributed by atoms with Gasteiger partial charge in [0.15, 0.2) is 0 Å². The SMILES string of the molecule is CCCc1ccc(S(=O)(=O)N(C)c2ccsc2C(=O)O)cc1. The highest BCUT2D eigenvalue weighted by atomic mass is 32.2. The first-order valence-electron chi connectivity index (χ1n) is 6.76. The van der Waals surface area contributed by atoms with Gasteiger partial charge in [-0.2, -0.15) is 0 Å². The fourth-order valence-corrected chi connectivity index (χ4v) is 4.14. The third-order valence-electron chi connectivity index (χ3n) is 3.30. The lowest BCUT2D eigenvalue weighted by atomic mass is 10.1. The molecule has 5 nitrogen and oxygen atoms in total. The lowest BCUT2D eigenvalue weighted by molar-refractivity contribution is 0.0703. The summed E-state index contributed by atoms with van der Waals surface area (Å²) in [7, 11) is -2.41. The summed E-state index contributed by atoms with van der Waals surface area (Å²) in [6.07, 6.45) is 1.88. The van der Waals surface area contributed by atoms with Crippen molar-refractivity contribution in [2.24, 2.45) is 0 Å². The summed E-state index contributed by atoms with van der Waals surface area (Å²) >= 11 is 1.00. The highest BCUT2D eigenvalue weighted by Crippen LogP contribution is 2.29. The van der Waals surface area contributed by atoms with Crippen molar-refractivity contribution in [1.82, 2.24) is 0 Å². The number of hydrogen-bond donors (Lipinski definition) is 1. The van der Waals surface area contributed by atoms with E-state index in [4.69, 9.17) is 5.11 Å². The molecule has 0 aliphatic carbocycles. The van der Waals surface area contributed by atoms with Gasteiger partial charge in [0.1, 0.15) is 4.88 Å². The van der Waals surface area contributed by atoms with Crippen molar-refractivity contribution in [2.45, 2.75) is 24.7 Å². The van der Waals surface area contributed by atoms with Crippen LogP contribution in [0, 0.1) is 0 Å². The van der Waals surface area contributed by atoms with Crippen molar-refractivity contribution < 1.29 is 18.3 Å². The Morgan fingerprint density at radius 3 is 2.41 bits per heavy atom. The van der Waals surface area contributed by atoms with Crippen molar-refractivity contribution in [3.8, 4) is 0 Å². The van der Waals surface area contributed by atoms with Crippen LogP contribution in [0.25, 0.3) is 0 Å². The van der Waals surface area contributed by atoms with Gasteiger partial charge in [0, 0.05) is 7.05 Å². The molecule has 0 atom stereocenters. The Morgan fingerprint density at radius 2 is 1.86 bits per heavy atom. The highest BCUT2D eigenvalue weighted by Gasteiger charge is 2.25. The Kier molecular flexibility index (Phi) is 4.87. The molecule has 1 heterocycles. The summed E-state index contributed by atoms with van der Waals surface area (Å²) in [5.74, 6) is -1.13. The number of sulfonamides is 1. The van der Waals surface area contributed by atoms with Crippen LogP contribution in [0.15, 0.2) is 40.6 Å². The molecular weight excluding hydrogens is 322 g/mol. The Morgan fingerprint density at radius 1 is 1.23 bits per heavy atom. The average Bonchev–Trinajstić information content (AvgIpc) is 2.97. The Hall–Kier alpha value is -1.86. The maximum Gasteiger partial charge on any atom is 0.348 e. The molecule has 0 radical (unpaired) electrons. The van der Waals surface area contributed by atoms with Gasteiger partial charge in [-0.3, -0.25) is 4.31 Å². The molecule has 0 saturated carbocycles.